The third-order valence-electron chi connectivity index (χ3n) is 3.95. The first kappa shape index (κ1) is 20.2. The Balaban J connectivity index is 1.88. The molecular weight excluding hydrogens is 404 g/mol. The van der Waals surface area contributed by atoms with Crippen LogP contribution in [0.3, 0.4) is 0 Å². The van der Waals surface area contributed by atoms with Crippen LogP contribution in [0.2, 0.25) is 5.02 Å². The molecule has 0 aliphatic heterocycles. The zero-order valence-electron chi connectivity index (χ0n) is 15.1. The fourth-order valence-corrected chi connectivity index (χ4v) is 3.48. The van der Waals surface area contributed by atoms with Crippen LogP contribution in [0.4, 0.5) is 0 Å². The average Bonchev–Trinajstić information content (AvgIpc) is 3.03. The predicted molar refractivity (Wildman–Crippen MR) is 109 cm³/mol. The number of H-pyrrole nitrogens is 1. The number of aliphatic hydroxyl groups excluding tert-OH is 1. The first-order valence-electron chi connectivity index (χ1n) is 8.40. The van der Waals surface area contributed by atoms with Crippen LogP contribution in [-0.4, -0.2) is 42.7 Å². The van der Waals surface area contributed by atoms with Gasteiger partial charge in [-0.15, -0.1) is 6.58 Å². The van der Waals surface area contributed by atoms with Gasteiger partial charge in [0.05, 0.1) is 6.54 Å². The third-order valence-corrected chi connectivity index (χ3v) is 5.18. The smallest absolute Gasteiger partial charge is 0.329 e. The Morgan fingerprint density at radius 1 is 1.39 bits per heavy atom. The van der Waals surface area contributed by atoms with Crippen LogP contribution in [0.25, 0.3) is 11.2 Å². The van der Waals surface area contributed by atoms with Crippen LogP contribution >= 0.6 is 23.4 Å². The van der Waals surface area contributed by atoms with E-state index >= 15 is 0 Å². The van der Waals surface area contributed by atoms with Crippen LogP contribution in [0.1, 0.15) is 0 Å². The highest BCUT2D eigenvalue weighted by molar-refractivity contribution is 7.99. The third kappa shape index (κ3) is 4.32. The van der Waals surface area contributed by atoms with Crippen LogP contribution in [0, 0.1) is 0 Å². The van der Waals surface area contributed by atoms with E-state index in [-0.39, 0.29) is 24.3 Å². The number of nitrogens with zero attached hydrogens (tertiary/aromatic N) is 3. The lowest BCUT2D eigenvalue weighted by Crippen LogP contribution is -2.30. The van der Waals surface area contributed by atoms with Gasteiger partial charge in [-0.25, -0.2) is 9.78 Å². The topological polar surface area (TPSA) is 102 Å². The van der Waals surface area contributed by atoms with Crippen LogP contribution in [0.15, 0.2) is 51.7 Å². The number of hydrogen-bond donors (Lipinski definition) is 2. The van der Waals surface area contributed by atoms with Gasteiger partial charge in [0, 0.05) is 17.8 Å². The highest BCUT2D eigenvalue weighted by Crippen LogP contribution is 2.22. The van der Waals surface area contributed by atoms with Gasteiger partial charge in [-0.05, 0) is 24.3 Å². The Labute approximate surface area is 169 Å². The molecule has 0 saturated heterocycles. The van der Waals surface area contributed by atoms with Gasteiger partial charge in [-0.2, -0.15) is 0 Å². The molecule has 148 valence electrons. The normalized spacial score (nSPS) is 12.2. The van der Waals surface area contributed by atoms with E-state index in [4.69, 9.17) is 16.3 Å². The van der Waals surface area contributed by atoms with Crippen molar-refractivity contribution in [2.24, 2.45) is 7.05 Å². The van der Waals surface area contributed by atoms with E-state index < -0.39 is 17.4 Å². The standard InChI is InChI=1S/C18H19ClN4O4S/c1-3-8-28-18-20-15-14(16(25)21-17(26)22(15)2)23(18)9-12(24)10-27-13-6-4-11(19)5-7-13/h3-7,12,24H,1,8-10H2,2H3,(H,21,25,26). The summed E-state index contributed by atoms with van der Waals surface area (Å²) in [5, 5.41) is 11.5. The highest BCUT2D eigenvalue weighted by atomic mass is 35.5. The van der Waals surface area contributed by atoms with Crippen molar-refractivity contribution in [1.29, 1.82) is 0 Å². The molecule has 0 saturated carbocycles. The lowest BCUT2D eigenvalue weighted by molar-refractivity contribution is 0.0914. The maximum Gasteiger partial charge on any atom is 0.329 e. The van der Waals surface area contributed by atoms with Crippen molar-refractivity contribution in [3.63, 3.8) is 0 Å². The van der Waals surface area contributed by atoms with Crippen LogP contribution < -0.4 is 16.0 Å². The molecule has 1 unspecified atom stereocenters. The van der Waals surface area contributed by atoms with Crippen molar-refractivity contribution in [2.45, 2.75) is 17.8 Å². The summed E-state index contributed by atoms with van der Waals surface area (Å²) in [6, 6.07) is 6.79. The van der Waals surface area contributed by atoms with Gasteiger partial charge in [0.25, 0.3) is 5.56 Å². The highest BCUT2D eigenvalue weighted by Gasteiger charge is 2.20. The molecule has 2 heterocycles. The number of aromatic amines is 1. The Morgan fingerprint density at radius 3 is 2.79 bits per heavy atom. The first-order valence-corrected chi connectivity index (χ1v) is 9.76. The average molecular weight is 423 g/mol. The Kier molecular flexibility index (Phi) is 6.28. The van der Waals surface area contributed by atoms with E-state index in [9.17, 15) is 14.7 Å². The first-order chi connectivity index (χ1) is 13.4. The number of nitrogens with one attached hydrogen (secondary N) is 1. The second-order valence-electron chi connectivity index (χ2n) is 6.01. The maximum atomic E-state index is 12.4. The molecule has 0 fully saturated rings. The number of hydrogen-bond acceptors (Lipinski definition) is 6. The molecule has 1 atom stereocenters. The van der Waals surface area contributed by atoms with Crippen molar-refractivity contribution in [3.05, 3.63) is 62.8 Å². The number of fused-ring (bicyclic) bond motifs is 1. The van der Waals surface area contributed by atoms with Crippen molar-refractivity contribution < 1.29 is 9.84 Å². The minimum atomic E-state index is -0.909. The summed E-state index contributed by atoms with van der Waals surface area (Å²) in [5.41, 5.74) is -0.624. The lowest BCUT2D eigenvalue weighted by atomic mass is 10.3. The van der Waals surface area contributed by atoms with E-state index in [0.717, 1.165) is 0 Å². The summed E-state index contributed by atoms with van der Waals surface area (Å²) in [7, 11) is 1.53. The molecule has 2 N–H and O–H groups in total. The monoisotopic (exact) mass is 422 g/mol. The van der Waals surface area contributed by atoms with Gasteiger partial charge in [0.15, 0.2) is 16.3 Å². The molecule has 3 rings (SSSR count). The van der Waals surface area contributed by atoms with Crippen molar-refractivity contribution in [2.75, 3.05) is 12.4 Å². The van der Waals surface area contributed by atoms with E-state index in [0.29, 0.717) is 21.7 Å². The van der Waals surface area contributed by atoms with Gasteiger partial charge >= 0.3 is 5.69 Å². The van der Waals surface area contributed by atoms with E-state index in [1.54, 1.807) is 34.9 Å². The van der Waals surface area contributed by atoms with Crippen molar-refractivity contribution in [3.8, 4) is 5.75 Å². The zero-order valence-corrected chi connectivity index (χ0v) is 16.7. The summed E-state index contributed by atoms with van der Waals surface area (Å²) in [4.78, 5) is 30.9. The van der Waals surface area contributed by atoms with Crippen molar-refractivity contribution in [1.82, 2.24) is 19.1 Å². The minimum absolute atomic E-state index is 0.0105. The van der Waals surface area contributed by atoms with Crippen LogP contribution in [-0.2, 0) is 13.6 Å². The second-order valence-corrected chi connectivity index (χ2v) is 7.44. The molecule has 3 aromatic rings. The van der Waals surface area contributed by atoms with Gasteiger partial charge in [-0.1, -0.05) is 29.4 Å². The van der Waals surface area contributed by atoms with Crippen molar-refractivity contribution >= 4 is 34.5 Å². The molecule has 2 aromatic heterocycles. The molecule has 0 radical (unpaired) electrons. The molecule has 0 bridgehead atoms. The molecule has 0 amide bonds. The van der Waals surface area contributed by atoms with E-state index in [2.05, 4.69) is 16.5 Å². The number of aryl methyl sites for hydroxylation is 1. The summed E-state index contributed by atoms with van der Waals surface area (Å²) in [6.45, 7) is 3.76. The van der Waals surface area contributed by atoms with Gasteiger partial charge < -0.3 is 14.4 Å². The largest absolute Gasteiger partial charge is 0.491 e. The number of rotatable bonds is 8. The number of ether oxygens (including phenoxy) is 1. The predicted octanol–water partition coefficient (Wildman–Crippen LogP) is 1.79. The van der Waals surface area contributed by atoms with Gasteiger partial charge in [0.1, 0.15) is 18.5 Å². The molecule has 8 nitrogen and oxygen atoms in total. The van der Waals surface area contributed by atoms with Gasteiger partial charge in [-0.3, -0.25) is 14.3 Å². The molecule has 28 heavy (non-hydrogen) atoms. The second kappa shape index (κ2) is 8.68. The molecule has 0 aliphatic rings. The summed E-state index contributed by atoms with van der Waals surface area (Å²) in [6.07, 6.45) is 0.797. The SMILES string of the molecule is C=CCSc1nc2c(c(=O)[nH]c(=O)n2C)n1CC(O)COc1ccc(Cl)cc1. The molecule has 0 aliphatic carbocycles. The number of aromatic nitrogens is 4. The fourth-order valence-electron chi connectivity index (χ4n) is 2.61. The molecule has 1 aromatic carbocycles. The van der Waals surface area contributed by atoms with Gasteiger partial charge in [0.2, 0.25) is 0 Å². The lowest BCUT2D eigenvalue weighted by Gasteiger charge is -2.15. The van der Waals surface area contributed by atoms with E-state index in [1.807, 2.05) is 0 Å². The van der Waals surface area contributed by atoms with E-state index in [1.165, 1.54) is 23.4 Å². The zero-order chi connectivity index (χ0) is 20.3. The number of benzene rings is 1. The Morgan fingerprint density at radius 2 is 2.11 bits per heavy atom. The number of aliphatic hydroxyl groups is 1. The minimum Gasteiger partial charge on any atom is -0.491 e. The fraction of sp³-hybridized carbons (Fsp3) is 0.278. The molecular formula is C18H19ClN4O4S. The quantitative estimate of drug-likeness (QED) is 0.424. The molecule has 0 spiro atoms. The van der Waals surface area contributed by atoms with Crippen LogP contribution in [0.5, 0.6) is 5.75 Å². The summed E-state index contributed by atoms with van der Waals surface area (Å²) in [5.74, 6) is 1.13. The summed E-state index contributed by atoms with van der Waals surface area (Å²) >= 11 is 7.19. The molecule has 10 heteroatoms. The Bertz CT molecular complexity index is 1100. The summed E-state index contributed by atoms with van der Waals surface area (Å²) < 4.78 is 8.43. The maximum absolute atomic E-state index is 12.4. The number of halogens is 1. The number of thioether (sulfide) groups is 1. The Hall–Kier alpha value is -2.49. The number of imidazole rings is 1.